The Morgan fingerprint density at radius 3 is 2.17 bits per heavy atom. The van der Waals surface area contributed by atoms with Gasteiger partial charge in [-0.3, -0.25) is 15.0 Å². The van der Waals surface area contributed by atoms with Crippen molar-refractivity contribution < 1.29 is 24.0 Å². The lowest BCUT2D eigenvalue weighted by Crippen LogP contribution is -2.54. The summed E-state index contributed by atoms with van der Waals surface area (Å²) in [6.07, 6.45) is -0.420. The second-order valence-corrected chi connectivity index (χ2v) is 10.2. The number of hydrogen-bond donors (Lipinski definition) is 2. The topological polar surface area (TPSA) is 137 Å². The van der Waals surface area contributed by atoms with Gasteiger partial charge < -0.3 is 20.5 Å². The summed E-state index contributed by atoms with van der Waals surface area (Å²) in [5.74, 6) is -2.36. The van der Waals surface area contributed by atoms with Gasteiger partial charge in [-0.05, 0) is 30.5 Å². The van der Waals surface area contributed by atoms with E-state index in [-0.39, 0.29) is 35.3 Å². The van der Waals surface area contributed by atoms with Crippen molar-refractivity contribution in [1.82, 2.24) is 10.2 Å². The number of carbonyl (C=O) groups is 2. The van der Waals surface area contributed by atoms with E-state index in [0.717, 1.165) is 11.1 Å². The number of nitrogens with two attached hydrogens (primary N) is 1. The number of nitrogens with zero attached hydrogens (tertiary/aromatic N) is 2. The summed E-state index contributed by atoms with van der Waals surface area (Å²) in [4.78, 5) is 40.1. The molecule has 10 heteroatoms. The van der Waals surface area contributed by atoms with Crippen LogP contribution < -0.4 is 11.1 Å². The van der Waals surface area contributed by atoms with Crippen molar-refractivity contribution in [1.29, 1.82) is 0 Å². The molecule has 2 aliphatic rings. The largest absolute Gasteiger partial charge is 0.463 e. The molecule has 2 heterocycles. The van der Waals surface area contributed by atoms with E-state index in [1.165, 1.54) is 18.2 Å². The average Bonchev–Trinajstić information content (AvgIpc) is 2.96. The van der Waals surface area contributed by atoms with Crippen LogP contribution in [0.25, 0.3) is 0 Å². The van der Waals surface area contributed by atoms with Gasteiger partial charge in [-0.1, -0.05) is 72.8 Å². The fourth-order valence-corrected chi connectivity index (χ4v) is 5.57. The second kappa shape index (κ2) is 12.3. The Labute approximate surface area is 243 Å². The van der Waals surface area contributed by atoms with Crippen LogP contribution in [0.5, 0.6) is 0 Å². The van der Waals surface area contributed by atoms with Crippen LogP contribution in [0, 0.1) is 10.1 Å². The minimum atomic E-state index is -1.02. The van der Waals surface area contributed by atoms with Crippen LogP contribution in [-0.2, 0) is 19.1 Å². The molecule has 5 rings (SSSR count). The maximum absolute atomic E-state index is 13.7. The number of likely N-dealkylation sites (tertiary alicyclic amines) is 1. The Hall–Kier alpha value is -4.96. The van der Waals surface area contributed by atoms with Gasteiger partial charge in [0, 0.05) is 30.9 Å². The molecule has 0 aromatic heterocycles. The first-order valence-corrected chi connectivity index (χ1v) is 13.7. The molecule has 1 unspecified atom stereocenters. The Morgan fingerprint density at radius 2 is 1.60 bits per heavy atom. The molecule has 10 nitrogen and oxygen atoms in total. The third kappa shape index (κ3) is 5.75. The van der Waals surface area contributed by atoms with E-state index in [1.54, 1.807) is 19.9 Å². The van der Waals surface area contributed by atoms with Gasteiger partial charge in [-0.15, -0.1) is 0 Å². The number of nitro benzene ring substituents is 1. The van der Waals surface area contributed by atoms with Gasteiger partial charge in [0.1, 0.15) is 11.9 Å². The van der Waals surface area contributed by atoms with Gasteiger partial charge in [0.15, 0.2) is 0 Å². The van der Waals surface area contributed by atoms with Crippen LogP contribution in [0.2, 0.25) is 0 Å². The van der Waals surface area contributed by atoms with Gasteiger partial charge >= 0.3 is 11.9 Å². The van der Waals surface area contributed by atoms with Crippen molar-refractivity contribution in [2.75, 3.05) is 19.7 Å². The molecule has 2 aliphatic heterocycles. The summed E-state index contributed by atoms with van der Waals surface area (Å²) in [7, 11) is 0. The Morgan fingerprint density at radius 1 is 0.976 bits per heavy atom. The zero-order chi connectivity index (χ0) is 29.8. The van der Waals surface area contributed by atoms with Crippen LogP contribution in [0.15, 0.2) is 108 Å². The Bertz CT molecular complexity index is 1510. The molecule has 1 fully saturated rings. The lowest BCUT2D eigenvalue weighted by molar-refractivity contribution is -0.384. The molecule has 0 radical (unpaired) electrons. The fraction of sp³-hybridized carbons (Fsp3) is 0.250. The van der Waals surface area contributed by atoms with Crippen molar-refractivity contribution in [3.8, 4) is 0 Å². The molecular formula is C32H32N4O6. The van der Waals surface area contributed by atoms with Gasteiger partial charge in [-0.2, -0.15) is 0 Å². The summed E-state index contributed by atoms with van der Waals surface area (Å²) < 4.78 is 11.2. The number of rotatable bonds is 9. The molecule has 0 amide bonds. The summed E-state index contributed by atoms with van der Waals surface area (Å²) in [6.45, 7) is 4.40. The predicted molar refractivity (Wildman–Crippen MR) is 156 cm³/mol. The van der Waals surface area contributed by atoms with Gasteiger partial charge in [0.2, 0.25) is 0 Å². The molecule has 0 spiro atoms. The van der Waals surface area contributed by atoms with E-state index in [0.29, 0.717) is 24.4 Å². The highest BCUT2D eigenvalue weighted by Gasteiger charge is 2.42. The maximum Gasteiger partial charge on any atom is 0.339 e. The summed E-state index contributed by atoms with van der Waals surface area (Å²) >= 11 is 0. The molecular weight excluding hydrogens is 536 g/mol. The third-order valence-electron chi connectivity index (χ3n) is 7.47. The van der Waals surface area contributed by atoms with E-state index >= 15 is 0 Å². The molecule has 0 bridgehead atoms. The number of hydrogen-bond acceptors (Lipinski definition) is 9. The molecule has 3 aromatic rings. The first-order chi connectivity index (χ1) is 20.3. The number of carbonyl (C=O) groups excluding carboxylic acids is 2. The quantitative estimate of drug-likeness (QED) is 0.220. The third-order valence-corrected chi connectivity index (χ3v) is 7.47. The lowest BCUT2D eigenvalue weighted by Gasteiger charge is -2.44. The summed E-state index contributed by atoms with van der Waals surface area (Å²) in [6, 6.07) is 26.0. The van der Waals surface area contributed by atoms with Crippen molar-refractivity contribution in [3.05, 3.63) is 134 Å². The average molecular weight is 569 g/mol. The Balaban J connectivity index is 1.41. The summed E-state index contributed by atoms with van der Waals surface area (Å²) in [5.41, 5.74) is 9.30. The van der Waals surface area contributed by atoms with Crippen molar-refractivity contribution in [2.45, 2.75) is 31.9 Å². The van der Waals surface area contributed by atoms with Crippen LogP contribution in [-0.4, -0.2) is 47.6 Å². The second-order valence-electron chi connectivity index (χ2n) is 10.2. The normalized spacial score (nSPS) is 17.5. The summed E-state index contributed by atoms with van der Waals surface area (Å²) in [5, 5.41) is 14.4. The van der Waals surface area contributed by atoms with E-state index in [2.05, 4.69) is 34.5 Å². The molecule has 1 saturated heterocycles. The zero-order valence-electron chi connectivity index (χ0n) is 23.4. The highest BCUT2D eigenvalue weighted by atomic mass is 16.6. The van der Waals surface area contributed by atoms with Gasteiger partial charge in [0.25, 0.3) is 5.69 Å². The van der Waals surface area contributed by atoms with Crippen LogP contribution >= 0.6 is 0 Å². The lowest BCUT2D eigenvalue weighted by atomic mass is 9.81. The monoisotopic (exact) mass is 568 g/mol. The Kier molecular flexibility index (Phi) is 8.35. The van der Waals surface area contributed by atoms with E-state index in [9.17, 15) is 19.7 Å². The van der Waals surface area contributed by atoms with Crippen molar-refractivity contribution >= 4 is 17.6 Å². The van der Waals surface area contributed by atoms with Gasteiger partial charge in [-0.25, -0.2) is 9.59 Å². The van der Waals surface area contributed by atoms with E-state index < -0.39 is 28.9 Å². The molecule has 0 aliphatic carbocycles. The first kappa shape index (κ1) is 28.6. The molecule has 216 valence electrons. The van der Waals surface area contributed by atoms with Crippen molar-refractivity contribution in [2.24, 2.45) is 5.73 Å². The van der Waals surface area contributed by atoms with Gasteiger partial charge in [0.05, 0.1) is 34.6 Å². The van der Waals surface area contributed by atoms with Crippen molar-refractivity contribution in [3.63, 3.8) is 0 Å². The number of benzene rings is 3. The SMILES string of the molecule is CCOC(=O)C1=C(C)NC(N)=C(C(=O)OC2CN(C(c3ccccc3)c3ccccc3)C2)C1c1cccc([N+](=O)[O-])c1. The van der Waals surface area contributed by atoms with E-state index in [1.807, 2.05) is 36.4 Å². The number of dihydropyridines is 1. The number of nitro groups is 1. The standard InChI is InChI=1S/C32H32N4O6/c1-3-41-31(37)26-20(2)34-30(33)28(27(26)23-15-10-16-24(17-23)36(39)40)32(38)42-25-18-35(19-25)29(21-11-6-4-7-12-21)22-13-8-5-9-14-22/h4-17,25,27,29,34H,3,18-19,33H2,1-2H3. The number of allylic oxidation sites excluding steroid dienone is 1. The maximum atomic E-state index is 13.7. The van der Waals surface area contributed by atoms with Crippen LogP contribution in [0.3, 0.4) is 0 Å². The number of nitrogens with one attached hydrogen (secondary N) is 1. The fourth-order valence-electron chi connectivity index (χ4n) is 5.57. The predicted octanol–water partition coefficient (Wildman–Crippen LogP) is 4.31. The molecule has 0 saturated carbocycles. The number of non-ortho nitro benzene ring substituents is 1. The molecule has 42 heavy (non-hydrogen) atoms. The van der Waals surface area contributed by atoms with E-state index in [4.69, 9.17) is 15.2 Å². The highest BCUT2D eigenvalue weighted by Crippen LogP contribution is 2.40. The molecule has 3 N–H and O–H groups in total. The highest BCUT2D eigenvalue weighted by molar-refractivity contribution is 6.00. The van der Waals surface area contributed by atoms with Crippen LogP contribution in [0.1, 0.15) is 42.5 Å². The van der Waals surface area contributed by atoms with Crippen LogP contribution in [0.4, 0.5) is 5.69 Å². The molecule has 1 atom stereocenters. The number of ether oxygens (including phenoxy) is 2. The number of esters is 2. The zero-order valence-corrected chi connectivity index (χ0v) is 23.4. The minimum Gasteiger partial charge on any atom is -0.463 e. The molecule has 3 aromatic carbocycles. The smallest absolute Gasteiger partial charge is 0.339 e. The first-order valence-electron chi connectivity index (χ1n) is 13.7. The minimum absolute atomic E-state index is 0.00488.